The predicted molar refractivity (Wildman–Crippen MR) is 98.0 cm³/mol. The Morgan fingerprint density at radius 3 is 2.72 bits per heavy atom. The van der Waals surface area contributed by atoms with E-state index in [4.69, 9.17) is 4.74 Å². The maximum absolute atomic E-state index is 13.1. The third kappa shape index (κ3) is 3.36. The van der Waals surface area contributed by atoms with Gasteiger partial charge in [-0.25, -0.2) is 0 Å². The molecule has 1 N–H and O–H groups in total. The standard InChI is InChI=1S/C20H22N2O3/c1-4-17(25-18-11-7-8-13(2)14(18)3)20(24)22-12-19(23)21-15-9-5-6-10-16(15)22/h5-11,17H,4,12H2,1-3H3,(H,21,23)/t17-/m1/s1. The normalized spacial score (nSPS) is 14.5. The van der Waals surface area contributed by atoms with Crippen molar-refractivity contribution >= 4 is 23.2 Å². The van der Waals surface area contributed by atoms with E-state index in [-0.39, 0.29) is 18.4 Å². The molecule has 5 heteroatoms. The molecule has 0 aromatic heterocycles. The van der Waals surface area contributed by atoms with Crippen LogP contribution in [0.1, 0.15) is 24.5 Å². The maximum atomic E-state index is 13.1. The van der Waals surface area contributed by atoms with Crippen molar-refractivity contribution in [2.45, 2.75) is 33.3 Å². The minimum atomic E-state index is -0.639. The highest BCUT2D eigenvalue weighted by atomic mass is 16.5. The summed E-state index contributed by atoms with van der Waals surface area (Å²) in [6.07, 6.45) is -0.119. The van der Waals surface area contributed by atoms with Crippen molar-refractivity contribution in [1.29, 1.82) is 0 Å². The number of ether oxygens (including phenoxy) is 1. The number of para-hydroxylation sites is 2. The molecule has 0 fully saturated rings. The smallest absolute Gasteiger partial charge is 0.268 e. The molecule has 2 aromatic carbocycles. The average Bonchev–Trinajstić information content (AvgIpc) is 2.61. The molecule has 2 aromatic rings. The quantitative estimate of drug-likeness (QED) is 0.929. The van der Waals surface area contributed by atoms with Crippen molar-refractivity contribution in [3.8, 4) is 5.75 Å². The molecule has 5 nitrogen and oxygen atoms in total. The monoisotopic (exact) mass is 338 g/mol. The van der Waals surface area contributed by atoms with Crippen LogP contribution in [-0.2, 0) is 9.59 Å². The topological polar surface area (TPSA) is 58.6 Å². The van der Waals surface area contributed by atoms with Gasteiger partial charge in [-0.05, 0) is 49.6 Å². The summed E-state index contributed by atoms with van der Waals surface area (Å²) in [4.78, 5) is 26.5. The number of benzene rings is 2. The van der Waals surface area contributed by atoms with Crippen LogP contribution < -0.4 is 15.0 Å². The van der Waals surface area contributed by atoms with Gasteiger partial charge in [0, 0.05) is 0 Å². The highest BCUT2D eigenvalue weighted by Crippen LogP contribution is 2.30. The van der Waals surface area contributed by atoms with Gasteiger partial charge in [0.2, 0.25) is 5.91 Å². The van der Waals surface area contributed by atoms with E-state index < -0.39 is 6.10 Å². The zero-order valence-electron chi connectivity index (χ0n) is 14.7. The summed E-state index contributed by atoms with van der Waals surface area (Å²) in [6.45, 7) is 5.90. The molecule has 0 saturated heterocycles. The molecule has 2 amide bonds. The zero-order valence-corrected chi connectivity index (χ0v) is 14.7. The zero-order chi connectivity index (χ0) is 18.0. The Hall–Kier alpha value is -2.82. The molecule has 3 rings (SSSR count). The van der Waals surface area contributed by atoms with Gasteiger partial charge in [0.1, 0.15) is 12.3 Å². The highest BCUT2D eigenvalue weighted by molar-refractivity contribution is 6.11. The first-order valence-corrected chi connectivity index (χ1v) is 8.44. The van der Waals surface area contributed by atoms with Crippen molar-refractivity contribution in [3.63, 3.8) is 0 Å². The summed E-state index contributed by atoms with van der Waals surface area (Å²) < 4.78 is 6.02. The van der Waals surface area contributed by atoms with E-state index in [1.54, 1.807) is 6.07 Å². The van der Waals surface area contributed by atoms with Gasteiger partial charge in [0.15, 0.2) is 6.10 Å². The van der Waals surface area contributed by atoms with Crippen molar-refractivity contribution in [3.05, 3.63) is 53.6 Å². The second kappa shape index (κ2) is 6.97. The van der Waals surface area contributed by atoms with E-state index >= 15 is 0 Å². The third-order valence-electron chi connectivity index (χ3n) is 4.51. The summed E-state index contributed by atoms with van der Waals surface area (Å²) in [6, 6.07) is 13.1. The number of hydrogen-bond donors (Lipinski definition) is 1. The number of hydrogen-bond acceptors (Lipinski definition) is 3. The number of nitrogens with zero attached hydrogens (tertiary/aromatic N) is 1. The fourth-order valence-electron chi connectivity index (χ4n) is 2.92. The molecule has 0 saturated carbocycles. The Morgan fingerprint density at radius 2 is 1.96 bits per heavy atom. The molecule has 1 atom stereocenters. The van der Waals surface area contributed by atoms with Crippen LogP contribution in [0, 0.1) is 13.8 Å². The lowest BCUT2D eigenvalue weighted by molar-refractivity contribution is -0.127. The van der Waals surface area contributed by atoms with Crippen molar-refractivity contribution in [2.24, 2.45) is 0 Å². The Kier molecular flexibility index (Phi) is 4.74. The second-order valence-corrected chi connectivity index (χ2v) is 6.20. The minimum absolute atomic E-state index is 0.00249. The lowest BCUT2D eigenvalue weighted by Crippen LogP contribution is -2.48. The number of nitrogens with one attached hydrogen (secondary N) is 1. The molecule has 130 valence electrons. The Labute approximate surface area is 147 Å². The second-order valence-electron chi connectivity index (χ2n) is 6.20. The van der Waals surface area contributed by atoms with Crippen molar-refractivity contribution < 1.29 is 14.3 Å². The molecule has 1 aliphatic rings. The predicted octanol–water partition coefficient (Wildman–Crippen LogP) is 3.45. The molecule has 1 heterocycles. The van der Waals surface area contributed by atoms with E-state index in [1.807, 2.05) is 57.2 Å². The fraction of sp³-hybridized carbons (Fsp3) is 0.300. The van der Waals surface area contributed by atoms with Gasteiger partial charge < -0.3 is 10.1 Å². The summed E-state index contributed by atoms with van der Waals surface area (Å²) in [5, 5.41) is 2.79. The van der Waals surface area contributed by atoms with Crippen LogP contribution in [0.3, 0.4) is 0 Å². The molecule has 1 aliphatic heterocycles. The molecular weight excluding hydrogens is 316 g/mol. The molecule has 0 aliphatic carbocycles. The summed E-state index contributed by atoms with van der Waals surface area (Å²) >= 11 is 0. The van der Waals surface area contributed by atoms with Crippen LogP contribution in [0.25, 0.3) is 0 Å². The Balaban J connectivity index is 1.88. The van der Waals surface area contributed by atoms with E-state index in [0.717, 1.165) is 11.1 Å². The van der Waals surface area contributed by atoms with Crippen LogP contribution in [0.5, 0.6) is 5.75 Å². The number of anilines is 2. The van der Waals surface area contributed by atoms with Crippen LogP contribution in [0.15, 0.2) is 42.5 Å². The van der Waals surface area contributed by atoms with E-state index in [2.05, 4.69) is 5.32 Å². The first-order valence-electron chi connectivity index (χ1n) is 8.44. The van der Waals surface area contributed by atoms with Crippen LogP contribution >= 0.6 is 0 Å². The SMILES string of the molecule is CC[C@@H](Oc1cccc(C)c1C)C(=O)N1CC(=O)Nc2ccccc21. The van der Waals surface area contributed by atoms with Gasteiger partial charge in [0.05, 0.1) is 11.4 Å². The van der Waals surface area contributed by atoms with Crippen LogP contribution in [0.4, 0.5) is 11.4 Å². The first kappa shape index (κ1) is 17.0. The third-order valence-corrected chi connectivity index (χ3v) is 4.51. The van der Waals surface area contributed by atoms with Crippen LogP contribution in [0.2, 0.25) is 0 Å². The first-order chi connectivity index (χ1) is 12.0. The lowest BCUT2D eigenvalue weighted by atomic mass is 10.1. The minimum Gasteiger partial charge on any atom is -0.480 e. The molecule has 25 heavy (non-hydrogen) atoms. The van der Waals surface area contributed by atoms with Gasteiger partial charge >= 0.3 is 0 Å². The maximum Gasteiger partial charge on any atom is 0.268 e. The van der Waals surface area contributed by atoms with Gasteiger partial charge in [-0.3, -0.25) is 14.5 Å². The molecule has 0 spiro atoms. The Morgan fingerprint density at radius 1 is 1.20 bits per heavy atom. The fourth-order valence-corrected chi connectivity index (χ4v) is 2.92. The number of amides is 2. The van der Waals surface area contributed by atoms with Gasteiger partial charge in [-0.2, -0.15) is 0 Å². The molecular formula is C20H22N2O3. The number of carbonyl (C=O) groups is 2. The molecule has 0 bridgehead atoms. The van der Waals surface area contributed by atoms with Gasteiger partial charge in [-0.15, -0.1) is 0 Å². The molecule has 0 radical (unpaired) electrons. The highest BCUT2D eigenvalue weighted by Gasteiger charge is 2.32. The number of rotatable bonds is 4. The summed E-state index contributed by atoms with van der Waals surface area (Å²) in [5.74, 6) is 0.300. The van der Waals surface area contributed by atoms with Gasteiger partial charge in [-0.1, -0.05) is 31.2 Å². The lowest BCUT2D eigenvalue weighted by Gasteiger charge is -2.32. The van der Waals surface area contributed by atoms with E-state index in [9.17, 15) is 9.59 Å². The number of carbonyl (C=O) groups excluding carboxylic acids is 2. The Bertz CT molecular complexity index is 816. The van der Waals surface area contributed by atoms with E-state index in [0.29, 0.717) is 23.5 Å². The number of fused-ring (bicyclic) bond motifs is 1. The van der Waals surface area contributed by atoms with E-state index in [1.165, 1.54) is 4.90 Å². The van der Waals surface area contributed by atoms with Crippen molar-refractivity contribution in [2.75, 3.05) is 16.8 Å². The molecule has 0 unspecified atom stereocenters. The van der Waals surface area contributed by atoms with Crippen molar-refractivity contribution in [1.82, 2.24) is 0 Å². The summed E-state index contributed by atoms with van der Waals surface area (Å²) in [5.41, 5.74) is 3.48. The summed E-state index contributed by atoms with van der Waals surface area (Å²) in [7, 11) is 0. The van der Waals surface area contributed by atoms with Gasteiger partial charge in [0.25, 0.3) is 5.91 Å². The number of aryl methyl sites for hydroxylation is 1. The average molecular weight is 338 g/mol. The largest absolute Gasteiger partial charge is 0.480 e. The van der Waals surface area contributed by atoms with Crippen LogP contribution in [-0.4, -0.2) is 24.5 Å².